The summed E-state index contributed by atoms with van der Waals surface area (Å²) in [6, 6.07) is 4.31. The van der Waals surface area contributed by atoms with Crippen molar-refractivity contribution in [3.8, 4) is 11.3 Å². The van der Waals surface area contributed by atoms with E-state index >= 15 is 0 Å². The molecule has 0 aliphatic rings. The third-order valence-electron chi connectivity index (χ3n) is 2.06. The molecule has 0 fully saturated rings. The van der Waals surface area contributed by atoms with Gasteiger partial charge in [-0.1, -0.05) is 23.2 Å². The summed E-state index contributed by atoms with van der Waals surface area (Å²) in [5.41, 5.74) is 1.76. The van der Waals surface area contributed by atoms with Crippen LogP contribution in [0.4, 0.5) is 4.39 Å². The van der Waals surface area contributed by atoms with E-state index in [9.17, 15) is 4.39 Å². The SMILES string of the molecule is Fc1cc(-c2cc(CCl)[nH]n2)c(Cl)cc1Cl. The molecule has 0 amide bonds. The summed E-state index contributed by atoms with van der Waals surface area (Å²) < 4.78 is 13.3. The van der Waals surface area contributed by atoms with Gasteiger partial charge in [-0.05, 0) is 18.2 Å². The number of aromatic nitrogens is 2. The van der Waals surface area contributed by atoms with Gasteiger partial charge in [0, 0.05) is 5.56 Å². The predicted molar refractivity (Wildman–Crippen MR) is 63.6 cm³/mol. The highest BCUT2D eigenvalue weighted by Gasteiger charge is 2.11. The molecule has 0 unspecified atom stereocenters. The van der Waals surface area contributed by atoms with Gasteiger partial charge in [0.25, 0.3) is 0 Å². The Bertz CT molecular complexity index is 525. The Morgan fingerprint density at radius 2 is 1.94 bits per heavy atom. The molecular formula is C10H6Cl3FN2. The van der Waals surface area contributed by atoms with Crippen LogP contribution in [0, 0.1) is 5.82 Å². The lowest BCUT2D eigenvalue weighted by Gasteiger charge is -2.02. The molecule has 1 N–H and O–H groups in total. The van der Waals surface area contributed by atoms with E-state index in [2.05, 4.69) is 10.2 Å². The van der Waals surface area contributed by atoms with Crippen molar-refractivity contribution in [3.63, 3.8) is 0 Å². The molecule has 1 aromatic carbocycles. The van der Waals surface area contributed by atoms with E-state index in [1.165, 1.54) is 12.1 Å². The summed E-state index contributed by atoms with van der Waals surface area (Å²) in [4.78, 5) is 0. The molecule has 0 saturated carbocycles. The van der Waals surface area contributed by atoms with Gasteiger partial charge in [-0.3, -0.25) is 5.10 Å². The van der Waals surface area contributed by atoms with Gasteiger partial charge in [0.15, 0.2) is 0 Å². The van der Waals surface area contributed by atoms with E-state index in [1.807, 2.05) is 0 Å². The summed E-state index contributed by atoms with van der Waals surface area (Å²) in [6.07, 6.45) is 0. The fraction of sp³-hybridized carbons (Fsp3) is 0.100. The van der Waals surface area contributed by atoms with Crippen molar-refractivity contribution in [3.05, 3.63) is 39.8 Å². The number of hydrogen-bond donors (Lipinski definition) is 1. The van der Waals surface area contributed by atoms with E-state index in [1.54, 1.807) is 6.07 Å². The van der Waals surface area contributed by atoms with Gasteiger partial charge in [0.2, 0.25) is 0 Å². The van der Waals surface area contributed by atoms with E-state index in [4.69, 9.17) is 34.8 Å². The van der Waals surface area contributed by atoms with Crippen LogP contribution in [0.25, 0.3) is 11.3 Å². The second kappa shape index (κ2) is 4.62. The van der Waals surface area contributed by atoms with Crippen molar-refractivity contribution < 1.29 is 4.39 Å². The fourth-order valence-electron chi connectivity index (χ4n) is 1.29. The molecule has 6 heteroatoms. The molecule has 0 aliphatic heterocycles. The lowest BCUT2D eigenvalue weighted by molar-refractivity contribution is 0.628. The van der Waals surface area contributed by atoms with Gasteiger partial charge in [0.1, 0.15) is 5.82 Å². The molecule has 16 heavy (non-hydrogen) atoms. The smallest absolute Gasteiger partial charge is 0.142 e. The highest BCUT2D eigenvalue weighted by Crippen LogP contribution is 2.31. The molecule has 2 nitrogen and oxygen atoms in total. The lowest BCUT2D eigenvalue weighted by atomic mass is 10.1. The van der Waals surface area contributed by atoms with Crippen LogP contribution in [-0.4, -0.2) is 10.2 Å². The molecule has 84 valence electrons. The number of aromatic amines is 1. The minimum Gasteiger partial charge on any atom is -0.281 e. The molecule has 1 heterocycles. The first kappa shape index (κ1) is 11.7. The maximum atomic E-state index is 13.3. The molecule has 0 atom stereocenters. The standard InChI is InChI=1S/C10H6Cl3FN2/c11-4-5-1-10(16-15-5)6-2-9(14)8(13)3-7(6)12/h1-3H,4H2,(H,15,16). The second-order valence-corrected chi connectivity index (χ2v) is 4.24. The number of H-pyrrole nitrogens is 1. The Balaban J connectivity index is 2.51. The van der Waals surface area contributed by atoms with Crippen LogP contribution in [-0.2, 0) is 5.88 Å². The van der Waals surface area contributed by atoms with E-state index < -0.39 is 5.82 Å². The van der Waals surface area contributed by atoms with Gasteiger partial charge in [-0.15, -0.1) is 11.6 Å². The van der Waals surface area contributed by atoms with Gasteiger partial charge in [-0.25, -0.2) is 4.39 Å². The van der Waals surface area contributed by atoms with Gasteiger partial charge in [-0.2, -0.15) is 5.10 Å². The zero-order valence-electron chi connectivity index (χ0n) is 7.90. The lowest BCUT2D eigenvalue weighted by Crippen LogP contribution is -1.84. The molecule has 0 saturated heterocycles. The first-order chi connectivity index (χ1) is 7.61. The quantitative estimate of drug-likeness (QED) is 0.646. The van der Waals surface area contributed by atoms with Gasteiger partial charge < -0.3 is 0 Å². The zero-order chi connectivity index (χ0) is 11.7. The Labute approximate surface area is 106 Å². The Morgan fingerprint density at radius 3 is 2.56 bits per heavy atom. The summed E-state index contributed by atoms with van der Waals surface area (Å²) in [5.74, 6) is -0.225. The molecule has 0 spiro atoms. The van der Waals surface area contributed by atoms with E-state index in [0.29, 0.717) is 22.2 Å². The molecule has 0 bridgehead atoms. The van der Waals surface area contributed by atoms with Crippen LogP contribution in [0.5, 0.6) is 0 Å². The van der Waals surface area contributed by atoms with Crippen LogP contribution in [0.2, 0.25) is 10.0 Å². The van der Waals surface area contributed by atoms with Gasteiger partial charge >= 0.3 is 0 Å². The molecule has 0 radical (unpaired) electrons. The van der Waals surface area contributed by atoms with Crippen LogP contribution >= 0.6 is 34.8 Å². The normalized spacial score (nSPS) is 10.8. The summed E-state index contributed by atoms with van der Waals surface area (Å²) in [6.45, 7) is 0. The Kier molecular flexibility index (Phi) is 3.38. The largest absolute Gasteiger partial charge is 0.281 e. The molecule has 0 aliphatic carbocycles. The number of halogens is 4. The van der Waals surface area contributed by atoms with Crippen LogP contribution in [0.15, 0.2) is 18.2 Å². The first-order valence-electron chi connectivity index (χ1n) is 4.37. The number of rotatable bonds is 2. The first-order valence-corrected chi connectivity index (χ1v) is 5.66. The summed E-state index contributed by atoms with van der Waals surface area (Å²) in [7, 11) is 0. The minimum absolute atomic E-state index is 0.0122. The number of nitrogens with zero attached hydrogens (tertiary/aromatic N) is 1. The van der Waals surface area contributed by atoms with Crippen molar-refractivity contribution in [1.82, 2.24) is 10.2 Å². The number of nitrogens with one attached hydrogen (secondary N) is 1. The number of alkyl halides is 1. The zero-order valence-corrected chi connectivity index (χ0v) is 10.2. The molecular weight excluding hydrogens is 273 g/mol. The van der Waals surface area contributed by atoms with Crippen molar-refractivity contribution in [2.24, 2.45) is 0 Å². The Hall–Kier alpha value is -0.770. The maximum Gasteiger partial charge on any atom is 0.142 e. The maximum absolute atomic E-state index is 13.3. The average Bonchev–Trinajstić information content (AvgIpc) is 2.71. The monoisotopic (exact) mass is 278 g/mol. The second-order valence-electron chi connectivity index (χ2n) is 3.16. The van der Waals surface area contributed by atoms with Crippen molar-refractivity contribution >= 4 is 34.8 Å². The third-order valence-corrected chi connectivity index (χ3v) is 2.95. The number of hydrogen-bond acceptors (Lipinski definition) is 1. The molecule has 2 aromatic rings. The average molecular weight is 280 g/mol. The Morgan fingerprint density at radius 1 is 1.19 bits per heavy atom. The number of benzene rings is 1. The van der Waals surface area contributed by atoms with Crippen LogP contribution < -0.4 is 0 Å². The third kappa shape index (κ3) is 2.17. The van der Waals surface area contributed by atoms with Crippen LogP contribution in [0.3, 0.4) is 0 Å². The summed E-state index contributed by atoms with van der Waals surface area (Å²) in [5, 5.41) is 7.04. The van der Waals surface area contributed by atoms with E-state index in [0.717, 1.165) is 5.69 Å². The summed E-state index contributed by atoms with van der Waals surface area (Å²) >= 11 is 17.2. The fourth-order valence-corrected chi connectivity index (χ4v) is 1.90. The minimum atomic E-state index is -0.531. The highest BCUT2D eigenvalue weighted by molar-refractivity contribution is 6.36. The van der Waals surface area contributed by atoms with Gasteiger partial charge in [0.05, 0.1) is 27.3 Å². The highest BCUT2D eigenvalue weighted by atomic mass is 35.5. The van der Waals surface area contributed by atoms with Crippen LogP contribution in [0.1, 0.15) is 5.69 Å². The van der Waals surface area contributed by atoms with Crippen molar-refractivity contribution in [1.29, 1.82) is 0 Å². The molecule has 2 rings (SSSR count). The molecule has 1 aromatic heterocycles. The van der Waals surface area contributed by atoms with Crippen molar-refractivity contribution in [2.45, 2.75) is 5.88 Å². The van der Waals surface area contributed by atoms with Crippen molar-refractivity contribution in [2.75, 3.05) is 0 Å². The topological polar surface area (TPSA) is 28.7 Å². The van der Waals surface area contributed by atoms with E-state index in [-0.39, 0.29) is 5.02 Å². The predicted octanol–water partition coefficient (Wildman–Crippen LogP) is 4.26.